The molecule has 1 atom stereocenters. The number of benzene rings is 1. The summed E-state index contributed by atoms with van der Waals surface area (Å²) >= 11 is 1.39. The number of nitrogens with one attached hydrogen (secondary N) is 1. The Bertz CT molecular complexity index is 639. The Kier molecular flexibility index (Phi) is 4.38. The number of nitrogens with zero attached hydrogens (tertiary/aromatic N) is 3. The lowest BCUT2D eigenvalue weighted by Crippen LogP contribution is -2.42. The molecule has 1 aromatic heterocycles. The average molecular weight is 316 g/mol. The van der Waals surface area contributed by atoms with Crippen LogP contribution >= 0.6 is 11.3 Å². The molecule has 1 aliphatic rings. The van der Waals surface area contributed by atoms with Crippen molar-refractivity contribution in [2.24, 2.45) is 5.92 Å². The number of aryl methyl sites for hydroxylation is 1. The second kappa shape index (κ2) is 6.44. The van der Waals surface area contributed by atoms with E-state index in [9.17, 15) is 4.79 Å². The number of aromatic nitrogens is 2. The molecule has 5 nitrogen and oxygen atoms in total. The molecule has 1 saturated carbocycles. The van der Waals surface area contributed by atoms with Gasteiger partial charge in [0.05, 0.1) is 0 Å². The van der Waals surface area contributed by atoms with Gasteiger partial charge in [-0.25, -0.2) is 4.79 Å². The molecule has 1 aliphatic carbocycles. The normalized spacial score (nSPS) is 15.4. The van der Waals surface area contributed by atoms with E-state index in [1.165, 1.54) is 24.2 Å². The van der Waals surface area contributed by atoms with Gasteiger partial charge >= 0.3 is 6.03 Å². The van der Waals surface area contributed by atoms with E-state index < -0.39 is 0 Å². The van der Waals surface area contributed by atoms with Gasteiger partial charge in [-0.2, -0.15) is 0 Å². The molecule has 3 rings (SSSR count). The maximum absolute atomic E-state index is 12.7. The van der Waals surface area contributed by atoms with Crippen LogP contribution < -0.4 is 5.32 Å². The van der Waals surface area contributed by atoms with Crippen LogP contribution in [0, 0.1) is 12.8 Å². The summed E-state index contributed by atoms with van der Waals surface area (Å²) in [7, 11) is 0. The molecule has 0 spiro atoms. The number of anilines is 1. The number of hydrogen-bond acceptors (Lipinski definition) is 4. The Morgan fingerprint density at radius 3 is 2.68 bits per heavy atom. The zero-order valence-corrected chi connectivity index (χ0v) is 13.6. The van der Waals surface area contributed by atoms with Gasteiger partial charge in [-0.3, -0.25) is 5.32 Å². The number of hydrogen-bond donors (Lipinski definition) is 1. The van der Waals surface area contributed by atoms with Gasteiger partial charge in [0.1, 0.15) is 5.01 Å². The molecule has 6 heteroatoms. The quantitative estimate of drug-likeness (QED) is 0.915. The van der Waals surface area contributed by atoms with Crippen molar-refractivity contribution < 1.29 is 4.79 Å². The topological polar surface area (TPSA) is 58.1 Å². The van der Waals surface area contributed by atoms with Crippen molar-refractivity contribution in [3.05, 3.63) is 40.9 Å². The predicted octanol–water partition coefficient (Wildman–Crippen LogP) is 3.68. The Labute approximate surface area is 134 Å². The highest BCUT2D eigenvalue weighted by Gasteiger charge is 2.34. The fourth-order valence-electron chi connectivity index (χ4n) is 2.52. The highest BCUT2D eigenvalue weighted by atomic mass is 32.1. The number of urea groups is 1. The molecule has 22 heavy (non-hydrogen) atoms. The Balaban J connectivity index is 1.73. The van der Waals surface area contributed by atoms with E-state index in [0.29, 0.717) is 17.6 Å². The lowest BCUT2D eigenvalue weighted by Gasteiger charge is -2.29. The lowest BCUT2D eigenvalue weighted by atomic mass is 10.1. The molecule has 0 aliphatic heterocycles. The van der Waals surface area contributed by atoms with E-state index >= 15 is 0 Å². The Hall–Kier alpha value is -1.95. The highest BCUT2D eigenvalue weighted by Crippen LogP contribution is 2.36. The zero-order valence-electron chi connectivity index (χ0n) is 12.8. The number of carbonyl (C=O) groups excluding carboxylic acids is 1. The first-order valence-corrected chi connectivity index (χ1v) is 8.37. The molecule has 0 radical (unpaired) electrons. The second-order valence-corrected chi connectivity index (χ2v) is 6.93. The summed E-state index contributed by atoms with van der Waals surface area (Å²) in [6, 6.07) is 10.2. The van der Waals surface area contributed by atoms with Gasteiger partial charge in [-0.1, -0.05) is 41.7 Å². The summed E-state index contributed by atoms with van der Waals surface area (Å²) in [5.41, 5.74) is 1.14. The minimum absolute atomic E-state index is 0.0978. The van der Waals surface area contributed by atoms with Crippen LogP contribution in [-0.4, -0.2) is 27.2 Å². The Morgan fingerprint density at radius 2 is 2.09 bits per heavy atom. The number of rotatable bonds is 5. The van der Waals surface area contributed by atoms with Crippen molar-refractivity contribution >= 4 is 22.5 Å². The summed E-state index contributed by atoms with van der Waals surface area (Å²) in [6.07, 6.45) is 2.41. The third-order valence-electron chi connectivity index (χ3n) is 3.99. The van der Waals surface area contributed by atoms with Gasteiger partial charge in [-0.15, -0.1) is 10.2 Å². The fraction of sp³-hybridized carbons (Fsp3) is 0.438. The first kappa shape index (κ1) is 15.0. The Morgan fingerprint density at radius 1 is 1.36 bits per heavy atom. The largest absolute Gasteiger partial charge is 0.324 e. The summed E-state index contributed by atoms with van der Waals surface area (Å²) in [5.74, 6) is 0.616. The van der Waals surface area contributed by atoms with Crippen LogP contribution in [0.25, 0.3) is 0 Å². The lowest BCUT2D eigenvalue weighted by molar-refractivity contribution is 0.180. The SMILES string of the molecule is Cc1nnc(NC(=O)N(Cc2ccccc2)C(C)C2CC2)s1. The van der Waals surface area contributed by atoms with Crippen molar-refractivity contribution in [3.8, 4) is 0 Å². The van der Waals surface area contributed by atoms with Crippen molar-refractivity contribution in [1.82, 2.24) is 15.1 Å². The first-order valence-electron chi connectivity index (χ1n) is 7.55. The van der Waals surface area contributed by atoms with Gasteiger partial charge in [-0.05, 0) is 38.2 Å². The molecular weight excluding hydrogens is 296 g/mol. The van der Waals surface area contributed by atoms with Crippen LogP contribution in [0.3, 0.4) is 0 Å². The van der Waals surface area contributed by atoms with Gasteiger partial charge in [0, 0.05) is 12.6 Å². The summed E-state index contributed by atoms with van der Waals surface area (Å²) in [4.78, 5) is 14.6. The van der Waals surface area contributed by atoms with Gasteiger partial charge in [0.25, 0.3) is 0 Å². The van der Waals surface area contributed by atoms with Crippen LogP contribution in [0.1, 0.15) is 30.3 Å². The fourth-order valence-corrected chi connectivity index (χ4v) is 3.11. The zero-order chi connectivity index (χ0) is 15.5. The molecule has 1 unspecified atom stereocenters. The molecule has 2 aromatic rings. The van der Waals surface area contributed by atoms with E-state index in [2.05, 4.69) is 34.6 Å². The monoisotopic (exact) mass is 316 g/mol. The van der Waals surface area contributed by atoms with Gasteiger partial charge in [0.2, 0.25) is 5.13 Å². The molecule has 0 saturated heterocycles. The van der Waals surface area contributed by atoms with E-state index in [4.69, 9.17) is 0 Å². The minimum atomic E-state index is -0.0978. The molecule has 0 bridgehead atoms. The molecule has 1 heterocycles. The van der Waals surface area contributed by atoms with Gasteiger partial charge < -0.3 is 4.90 Å². The second-order valence-electron chi connectivity index (χ2n) is 5.75. The third kappa shape index (κ3) is 3.62. The van der Waals surface area contributed by atoms with Crippen molar-refractivity contribution in [3.63, 3.8) is 0 Å². The van der Waals surface area contributed by atoms with Crippen molar-refractivity contribution in [2.75, 3.05) is 5.32 Å². The molecular formula is C16H20N4OS. The predicted molar refractivity (Wildman–Crippen MR) is 87.8 cm³/mol. The third-order valence-corrected chi connectivity index (χ3v) is 4.75. The molecule has 1 aromatic carbocycles. The van der Waals surface area contributed by atoms with Crippen molar-refractivity contribution in [2.45, 2.75) is 39.3 Å². The van der Waals surface area contributed by atoms with Crippen LogP contribution in [0.15, 0.2) is 30.3 Å². The van der Waals surface area contributed by atoms with Crippen LogP contribution in [0.5, 0.6) is 0 Å². The first-order chi connectivity index (χ1) is 10.6. The van der Waals surface area contributed by atoms with Crippen LogP contribution in [0.4, 0.5) is 9.93 Å². The van der Waals surface area contributed by atoms with E-state index in [-0.39, 0.29) is 12.1 Å². The van der Waals surface area contributed by atoms with Crippen LogP contribution in [0.2, 0.25) is 0 Å². The molecule has 1 N–H and O–H groups in total. The molecule has 1 fully saturated rings. The highest BCUT2D eigenvalue weighted by molar-refractivity contribution is 7.15. The van der Waals surface area contributed by atoms with Crippen LogP contribution in [-0.2, 0) is 6.54 Å². The van der Waals surface area contributed by atoms with E-state index in [1.54, 1.807) is 0 Å². The summed E-state index contributed by atoms with van der Waals surface area (Å²) in [6.45, 7) is 4.62. The summed E-state index contributed by atoms with van der Waals surface area (Å²) in [5, 5.41) is 12.2. The van der Waals surface area contributed by atoms with Crippen molar-refractivity contribution in [1.29, 1.82) is 0 Å². The summed E-state index contributed by atoms with van der Waals surface area (Å²) < 4.78 is 0. The number of amides is 2. The molecule has 2 amide bonds. The van der Waals surface area contributed by atoms with E-state index in [1.807, 2.05) is 30.0 Å². The maximum atomic E-state index is 12.7. The number of carbonyl (C=O) groups is 1. The van der Waals surface area contributed by atoms with E-state index in [0.717, 1.165) is 10.6 Å². The maximum Gasteiger partial charge on any atom is 0.324 e. The smallest absolute Gasteiger partial charge is 0.317 e. The molecule has 116 valence electrons. The minimum Gasteiger partial charge on any atom is -0.317 e. The van der Waals surface area contributed by atoms with Gasteiger partial charge in [0.15, 0.2) is 0 Å². The average Bonchev–Trinajstić information content (AvgIpc) is 3.29. The standard InChI is InChI=1S/C16H20N4OS/c1-11(14-8-9-14)20(10-13-6-4-3-5-7-13)16(21)17-15-19-18-12(2)22-15/h3-7,11,14H,8-10H2,1-2H3,(H,17,19,21).